The number of para-hydroxylation sites is 1. The fraction of sp³-hybridized carbons (Fsp3) is 0.294. The summed E-state index contributed by atoms with van der Waals surface area (Å²) in [6, 6.07) is 40.5. The average molecular weight is 931 g/mol. The van der Waals surface area contributed by atoms with Gasteiger partial charge in [-0.15, -0.1) is 11.8 Å². The van der Waals surface area contributed by atoms with Crippen LogP contribution >= 0.6 is 11.8 Å². The average Bonchev–Trinajstić information content (AvgIpc) is 3.28. The lowest BCUT2D eigenvalue weighted by Crippen LogP contribution is -2.57. The summed E-state index contributed by atoms with van der Waals surface area (Å²) in [5.74, 6) is -2.08. The van der Waals surface area contributed by atoms with E-state index in [1.807, 2.05) is 91.0 Å². The number of rotatable bonds is 18. The number of anilines is 1. The Hall–Kier alpha value is -7.33. The molecule has 0 unspecified atom stereocenters. The van der Waals surface area contributed by atoms with Crippen molar-refractivity contribution in [3.05, 3.63) is 168 Å². The minimum Gasteiger partial charge on any atom is -0.444 e. The molecule has 0 aromatic heterocycles. The Morgan fingerprint density at radius 2 is 1.00 bits per heavy atom. The first-order valence-electron chi connectivity index (χ1n) is 21.6. The van der Waals surface area contributed by atoms with Gasteiger partial charge >= 0.3 is 18.3 Å². The van der Waals surface area contributed by atoms with Crippen LogP contribution in [0.4, 0.5) is 20.1 Å². The molecular weight excluding hydrogens is 873 g/mol. The zero-order chi connectivity index (χ0) is 48.6. The maximum atomic E-state index is 14.1. The normalized spacial score (nSPS) is 12.8. The highest BCUT2D eigenvalue weighted by atomic mass is 32.2. The number of hydrogen-bond acceptors (Lipinski definition) is 10. The molecule has 0 saturated heterocycles. The van der Waals surface area contributed by atoms with Crippen LogP contribution < -0.4 is 37.1 Å². The molecule has 0 aliphatic rings. The molecule has 6 amide bonds. The van der Waals surface area contributed by atoms with Gasteiger partial charge in [-0.1, -0.05) is 121 Å². The molecule has 0 spiro atoms. The number of alkyl carbamates (subject to hydrolysis) is 2. The summed E-state index contributed by atoms with van der Waals surface area (Å²) >= 11 is 1.40. The molecule has 352 valence electrons. The predicted molar refractivity (Wildman–Crippen MR) is 258 cm³/mol. The highest BCUT2D eigenvalue weighted by Crippen LogP contribution is 2.48. The monoisotopic (exact) mass is 930 g/mol. The number of ether oxygens (including phenoxy) is 3. The molecule has 0 fully saturated rings. The van der Waals surface area contributed by atoms with Crippen LogP contribution in [0.25, 0.3) is 0 Å². The maximum Gasteiger partial charge on any atom is 0.413 e. The van der Waals surface area contributed by atoms with Gasteiger partial charge in [-0.2, -0.15) is 0 Å². The SMILES string of the molecule is CC(C)(C)OC(=O)NC[C@H](NC(=O)Oc1ccc(C[C@H](NC(=O)OC(C)(C)C)C(=O)Nc2ccccc2)cc1)C(=O)N[C@@H](CSC(c1ccccc1)(c1ccccc1)c1ccccc1)C(N)=O. The van der Waals surface area contributed by atoms with E-state index in [-0.39, 0.29) is 17.9 Å². The van der Waals surface area contributed by atoms with Gasteiger partial charge in [-0.3, -0.25) is 14.4 Å². The molecule has 0 heterocycles. The lowest BCUT2D eigenvalue weighted by Gasteiger charge is -2.36. The fourth-order valence-corrected chi connectivity index (χ4v) is 8.34. The van der Waals surface area contributed by atoms with Crippen molar-refractivity contribution in [1.82, 2.24) is 21.3 Å². The minimum atomic E-state index is -1.48. The van der Waals surface area contributed by atoms with Gasteiger partial charge in [-0.25, -0.2) is 14.4 Å². The Labute approximate surface area is 395 Å². The third-order valence-corrected chi connectivity index (χ3v) is 11.4. The van der Waals surface area contributed by atoms with Gasteiger partial charge in [-0.05, 0) is 88.1 Å². The van der Waals surface area contributed by atoms with Gasteiger partial charge < -0.3 is 46.5 Å². The largest absolute Gasteiger partial charge is 0.444 e. The van der Waals surface area contributed by atoms with E-state index in [1.165, 1.54) is 23.9 Å². The van der Waals surface area contributed by atoms with Crippen LogP contribution in [0.5, 0.6) is 5.75 Å². The van der Waals surface area contributed by atoms with Gasteiger partial charge in [0.2, 0.25) is 17.7 Å². The van der Waals surface area contributed by atoms with Crippen LogP contribution in [0.3, 0.4) is 0 Å². The molecule has 16 heteroatoms. The second-order valence-electron chi connectivity index (χ2n) is 17.4. The summed E-state index contributed by atoms with van der Waals surface area (Å²) in [7, 11) is 0. The summed E-state index contributed by atoms with van der Waals surface area (Å²) in [4.78, 5) is 79.5. The smallest absolute Gasteiger partial charge is 0.413 e. The van der Waals surface area contributed by atoms with E-state index < -0.39 is 76.6 Å². The lowest BCUT2D eigenvalue weighted by atomic mass is 9.84. The Balaban J connectivity index is 1.32. The zero-order valence-corrected chi connectivity index (χ0v) is 39.2. The van der Waals surface area contributed by atoms with Crippen molar-refractivity contribution < 1.29 is 43.0 Å². The molecule has 0 radical (unpaired) electrons. The first-order valence-corrected chi connectivity index (χ1v) is 22.6. The van der Waals surface area contributed by atoms with E-state index >= 15 is 0 Å². The minimum absolute atomic E-state index is 0.00479. The van der Waals surface area contributed by atoms with E-state index in [0.29, 0.717) is 11.3 Å². The fourth-order valence-electron chi connectivity index (χ4n) is 6.77. The molecule has 0 bridgehead atoms. The van der Waals surface area contributed by atoms with Crippen molar-refractivity contribution in [2.75, 3.05) is 17.6 Å². The zero-order valence-electron chi connectivity index (χ0n) is 38.4. The molecule has 0 aliphatic carbocycles. The second-order valence-corrected chi connectivity index (χ2v) is 18.7. The standard InChI is InChI=1S/C51H58N6O9S/c1-49(2,3)65-46(61)53-32-41(45(60)55-42(43(52)58)33-67-51(35-19-11-7-12-20-35,36-21-13-8-14-22-36)37-23-15-9-16-24-37)57-47(62)64-39-29-27-34(28-30-39)31-40(56-48(63)66-50(4,5)6)44(59)54-38-25-17-10-18-26-38/h7-30,40-42H,31-33H2,1-6H3,(H2,52,58)(H,53,61)(H,54,59)(H,55,60)(H,56,63)(H,57,62)/t40-,41-,42-/m0/s1. The van der Waals surface area contributed by atoms with Crippen LogP contribution in [-0.2, 0) is 35.0 Å². The molecule has 67 heavy (non-hydrogen) atoms. The molecule has 0 saturated carbocycles. The topological polar surface area (TPSA) is 216 Å². The molecule has 5 aromatic rings. The molecule has 3 atom stereocenters. The summed E-state index contributed by atoms with van der Waals surface area (Å²) in [5.41, 5.74) is 8.19. The van der Waals surface area contributed by atoms with Gasteiger partial charge in [0.1, 0.15) is 35.1 Å². The van der Waals surface area contributed by atoms with E-state index in [1.54, 1.807) is 84.0 Å². The predicted octanol–water partition coefficient (Wildman–Crippen LogP) is 7.44. The van der Waals surface area contributed by atoms with Crippen molar-refractivity contribution in [3.63, 3.8) is 0 Å². The molecule has 7 N–H and O–H groups in total. The Morgan fingerprint density at radius 3 is 1.48 bits per heavy atom. The lowest BCUT2D eigenvalue weighted by molar-refractivity contribution is -0.128. The molecule has 5 rings (SSSR count). The summed E-state index contributed by atoms with van der Waals surface area (Å²) in [5, 5.41) is 13.1. The molecular formula is C51H58N6O9S. The molecule has 15 nitrogen and oxygen atoms in total. The number of carbonyl (C=O) groups excluding carboxylic acids is 6. The quantitative estimate of drug-likeness (QED) is 0.0478. The third-order valence-electron chi connectivity index (χ3n) is 9.75. The van der Waals surface area contributed by atoms with Crippen molar-refractivity contribution in [2.45, 2.75) is 82.0 Å². The first-order chi connectivity index (χ1) is 31.8. The Morgan fingerprint density at radius 1 is 0.537 bits per heavy atom. The van der Waals surface area contributed by atoms with Crippen molar-refractivity contribution in [3.8, 4) is 5.75 Å². The van der Waals surface area contributed by atoms with Gasteiger partial charge in [0, 0.05) is 17.9 Å². The number of nitrogens with two attached hydrogens (primary N) is 1. The van der Waals surface area contributed by atoms with Gasteiger partial charge in [0.25, 0.3) is 0 Å². The third kappa shape index (κ3) is 15.7. The Kier molecular flexibility index (Phi) is 17.6. The number of primary amides is 1. The van der Waals surface area contributed by atoms with Gasteiger partial charge in [0.05, 0.1) is 11.3 Å². The highest BCUT2D eigenvalue weighted by molar-refractivity contribution is 8.00. The van der Waals surface area contributed by atoms with Crippen LogP contribution in [0, 0.1) is 0 Å². The van der Waals surface area contributed by atoms with E-state index in [9.17, 15) is 28.8 Å². The van der Waals surface area contributed by atoms with Crippen LogP contribution in [0.2, 0.25) is 0 Å². The van der Waals surface area contributed by atoms with E-state index in [2.05, 4.69) is 26.6 Å². The molecule has 5 aromatic carbocycles. The van der Waals surface area contributed by atoms with Crippen molar-refractivity contribution in [1.29, 1.82) is 0 Å². The number of carbonyl (C=O) groups is 6. The second kappa shape index (κ2) is 23.2. The maximum absolute atomic E-state index is 14.1. The Bertz CT molecular complexity index is 2330. The number of amides is 6. The van der Waals surface area contributed by atoms with Gasteiger partial charge in [0.15, 0.2) is 0 Å². The first kappa shape index (κ1) is 50.7. The van der Waals surface area contributed by atoms with Crippen molar-refractivity contribution >= 4 is 53.5 Å². The number of thioether (sulfide) groups is 1. The van der Waals surface area contributed by atoms with E-state index in [0.717, 1.165) is 16.7 Å². The molecule has 0 aliphatic heterocycles. The summed E-state index contributed by atoms with van der Waals surface area (Å²) < 4.78 is 15.5. The summed E-state index contributed by atoms with van der Waals surface area (Å²) in [6.07, 6.45) is -2.65. The van der Waals surface area contributed by atoms with Crippen LogP contribution in [0.1, 0.15) is 63.8 Å². The van der Waals surface area contributed by atoms with Crippen LogP contribution in [-0.4, -0.2) is 77.6 Å². The summed E-state index contributed by atoms with van der Waals surface area (Å²) in [6.45, 7) is 9.69. The number of nitrogens with one attached hydrogen (secondary N) is 5. The van der Waals surface area contributed by atoms with Crippen molar-refractivity contribution in [2.24, 2.45) is 5.73 Å². The highest BCUT2D eigenvalue weighted by Gasteiger charge is 2.39. The van der Waals surface area contributed by atoms with Crippen LogP contribution in [0.15, 0.2) is 146 Å². The number of hydrogen-bond donors (Lipinski definition) is 6. The van der Waals surface area contributed by atoms with E-state index in [4.69, 9.17) is 19.9 Å². The number of benzene rings is 5.